The lowest BCUT2D eigenvalue weighted by Crippen LogP contribution is -2.62. The molecule has 0 bridgehead atoms. The van der Waals surface area contributed by atoms with Crippen LogP contribution in [0.25, 0.3) is 0 Å². The van der Waals surface area contributed by atoms with Crippen molar-refractivity contribution >= 4 is 19.5 Å². The van der Waals surface area contributed by atoms with Gasteiger partial charge in [0.15, 0.2) is 5.78 Å². The van der Waals surface area contributed by atoms with Crippen LogP contribution in [0.15, 0.2) is 0 Å². The smallest absolute Gasteiger partial charge is 0.234 e. The molecule has 0 N–H and O–H groups in total. The summed E-state index contributed by atoms with van der Waals surface area (Å²) in [5.74, 6) is 0.402. The number of likely N-dealkylation sites (tertiary alicyclic amines) is 2. The third-order valence-electron chi connectivity index (χ3n) is 5.44. The lowest BCUT2D eigenvalue weighted by molar-refractivity contribution is -0.148. The molecule has 5 heteroatoms. The van der Waals surface area contributed by atoms with Gasteiger partial charge in [0, 0.05) is 18.5 Å². The maximum atomic E-state index is 13.3. The van der Waals surface area contributed by atoms with Crippen LogP contribution in [0.4, 0.5) is 0 Å². The molecule has 2 heterocycles. The van der Waals surface area contributed by atoms with E-state index in [9.17, 15) is 9.59 Å². The summed E-state index contributed by atoms with van der Waals surface area (Å²) in [7, 11) is 2.08. The zero-order valence-corrected chi connectivity index (χ0v) is 14.9. The SMILES string of the molecule is BC1(C(=O)N2CCCCC2C(=O)C(C)C)CCCN1C(C)C. The Bertz CT molecular complexity index is 438. The summed E-state index contributed by atoms with van der Waals surface area (Å²) < 4.78 is 0. The maximum absolute atomic E-state index is 13.3. The first-order valence-corrected chi connectivity index (χ1v) is 8.90. The average molecular weight is 306 g/mol. The van der Waals surface area contributed by atoms with Crippen molar-refractivity contribution in [3.8, 4) is 0 Å². The molecule has 22 heavy (non-hydrogen) atoms. The van der Waals surface area contributed by atoms with Crippen molar-refractivity contribution in [2.75, 3.05) is 13.1 Å². The number of Topliss-reactive ketones (excluding diaryl/α,β-unsaturated/α-hetero) is 1. The molecule has 1 amide bonds. The Morgan fingerprint density at radius 1 is 1.09 bits per heavy atom. The number of hydrogen-bond acceptors (Lipinski definition) is 3. The summed E-state index contributed by atoms with van der Waals surface area (Å²) in [5.41, 5.74) is -0.430. The molecular weight excluding hydrogens is 275 g/mol. The van der Waals surface area contributed by atoms with Gasteiger partial charge in [0.05, 0.1) is 11.5 Å². The lowest BCUT2D eigenvalue weighted by atomic mass is 9.72. The Labute approximate surface area is 136 Å². The topological polar surface area (TPSA) is 40.6 Å². The molecule has 0 aromatic rings. The summed E-state index contributed by atoms with van der Waals surface area (Å²) in [6.45, 7) is 9.92. The van der Waals surface area contributed by atoms with Crippen molar-refractivity contribution in [3.05, 3.63) is 0 Å². The monoisotopic (exact) mass is 306 g/mol. The minimum absolute atomic E-state index is 0.00372. The van der Waals surface area contributed by atoms with Crippen molar-refractivity contribution in [2.24, 2.45) is 5.92 Å². The summed E-state index contributed by atoms with van der Waals surface area (Å²) >= 11 is 0. The predicted octanol–water partition coefficient (Wildman–Crippen LogP) is 1.43. The van der Waals surface area contributed by atoms with E-state index in [0.29, 0.717) is 6.04 Å². The van der Waals surface area contributed by atoms with Crippen LogP contribution in [-0.2, 0) is 9.59 Å². The highest BCUT2D eigenvalue weighted by Crippen LogP contribution is 2.33. The molecule has 0 aliphatic carbocycles. The van der Waals surface area contributed by atoms with Crippen LogP contribution < -0.4 is 0 Å². The number of piperidine rings is 1. The quantitative estimate of drug-likeness (QED) is 0.738. The van der Waals surface area contributed by atoms with Crippen molar-refractivity contribution in [1.82, 2.24) is 9.80 Å². The second kappa shape index (κ2) is 6.73. The number of hydrogen-bond donors (Lipinski definition) is 0. The van der Waals surface area contributed by atoms with Crippen molar-refractivity contribution in [3.63, 3.8) is 0 Å². The maximum Gasteiger partial charge on any atom is 0.234 e. The molecule has 0 saturated carbocycles. The molecule has 0 aromatic heterocycles. The third-order valence-corrected chi connectivity index (χ3v) is 5.44. The van der Waals surface area contributed by atoms with E-state index in [1.54, 1.807) is 0 Å². The molecule has 2 rings (SSSR count). The van der Waals surface area contributed by atoms with E-state index in [0.717, 1.165) is 45.2 Å². The van der Waals surface area contributed by atoms with E-state index in [2.05, 4.69) is 26.6 Å². The molecule has 2 atom stereocenters. The molecule has 2 aliphatic rings. The van der Waals surface area contributed by atoms with Gasteiger partial charge in [-0.1, -0.05) is 13.8 Å². The summed E-state index contributed by atoms with van der Waals surface area (Å²) in [4.78, 5) is 30.1. The Hall–Kier alpha value is -0.835. The van der Waals surface area contributed by atoms with Gasteiger partial charge in [-0.15, -0.1) is 0 Å². The molecule has 4 nitrogen and oxygen atoms in total. The van der Waals surface area contributed by atoms with Crippen LogP contribution in [0.2, 0.25) is 0 Å². The van der Waals surface area contributed by atoms with Crippen LogP contribution in [0.1, 0.15) is 59.8 Å². The van der Waals surface area contributed by atoms with E-state index in [1.807, 2.05) is 18.7 Å². The summed E-state index contributed by atoms with van der Waals surface area (Å²) in [6, 6.07) is 0.160. The highest BCUT2D eigenvalue weighted by Gasteiger charge is 2.48. The number of carbonyl (C=O) groups is 2. The van der Waals surface area contributed by atoms with Gasteiger partial charge >= 0.3 is 0 Å². The Kier molecular flexibility index (Phi) is 5.36. The van der Waals surface area contributed by atoms with E-state index in [1.165, 1.54) is 0 Å². The van der Waals surface area contributed by atoms with Crippen molar-refractivity contribution < 1.29 is 9.59 Å². The molecule has 2 saturated heterocycles. The first-order chi connectivity index (χ1) is 10.3. The molecule has 2 unspecified atom stereocenters. The summed E-state index contributed by atoms with van der Waals surface area (Å²) in [6.07, 6.45) is 4.88. The third kappa shape index (κ3) is 3.10. The molecule has 124 valence electrons. The second-order valence-corrected chi connectivity index (χ2v) is 7.73. The largest absolute Gasteiger partial charge is 0.332 e. The molecule has 0 aromatic carbocycles. The van der Waals surface area contributed by atoms with Gasteiger partial charge in [0.2, 0.25) is 5.91 Å². The van der Waals surface area contributed by atoms with Crippen molar-refractivity contribution in [1.29, 1.82) is 0 Å². The fourth-order valence-electron chi connectivity index (χ4n) is 4.21. The zero-order chi connectivity index (χ0) is 16.5. The van der Waals surface area contributed by atoms with E-state index in [4.69, 9.17) is 0 Å². The standard InChI is InChI=1S/C17H31BN2O2/c1-12(2)15(21)14-8-5-6-10-19(14)16(22)17(18)9-7-11-20(17)13(3)4/h12-14H,5-11,18H2,1-4H3. The zero-order valence-electron chi connectivity index (χ0n) is 14.9. The Morgan fingerprint density at radius 3 is 2.36 bits per heavy atom. The van der Waals surface area contributed by atoms with Crippen LogP contribution in [0.3, 0.4) is 0 Å². The number of amides is 1. The minimum Gasteiger partial charge on any atom is -0.332 e. The molecule has 0 radical (unpaired) electrons. The predicted molar refractivity (Wildman–Crippen MR) is 91.5 cm³/mol. The lowest BCUT2D eigenvalue weighted by Gasteiger charge is -2.44. The van der Waals surface area contributed by atoms with Crippen molar-refractivity contribution in [2.45, 2.75) is 77.3 Å². The van der Waals surface area contributed by atoms with Gasteiger partial charge in [-0.25, -0.2) is 0 Å². The first-order valence-electron chi connectivity index (χ1n) is 8.90. The van der Waals surface area contributed by atoms with Crippen LogP contribution in [-0.4, -0.2) is 59.9 Å². The first kappa shape index (κ1) is 17.5. The number of nitrogens with zero attached hydrogens (tertiary/aromatic N) is 2. The summed E-state index contributed by atoms with van der Waals surface area (Å²) in [5, 5.41) is 0. The average Bonchev–Trinajstić information content (AvgIpc) is 2.89. The normalized spacial score (nSPS) is 30.3. The number of ketones is 1. The molecule has 2 fully saturated rings. The fourth-order valence-corrected chi connectivity index (χ4v) is 4.21. The van der Waals surface area contributed by atoms with Gasteiger partial charge in [-0.3, -0.25) is 14.5 Å². The van der Waals surface area contributed by atoms with E-state index in [-0.39, 0.29) is 23.7 Å². The minimum atomic E-state index is -0.430. The van der Waals surface area contributed by atoms with Crippen LogP contribution >= 0.6 is 0 Å². The van der Waals surface area contributed by atoms with Crippen LogP contribution in [0.5, 0.6) is 0 Å². The van der Waals surface area contributed by atoms with Gasteiger partial charge < -0.3 is 4.90 Å². The second-order valence-electron chi connectivity index (χ2n) is 7.73. The Balaban J connectivity index is 2.23. The number of rotatable bonds is 4. The van der Waals surface area contributed by atoms with Gasteiger partial charge in [0.1, 0.15) is 7.85 Å². The molecule has 2 aliphatic heterocycles. The highest BCUT2D eigenvalue weighted by molar-refractivity contribution is 6.28. The Morgan fingerprint density at radius 2 is 1.77 bits per heavy atom. The van der Waals surface area contributed by atoms with Crippen LogP contribution in [0, 0.1) is 5.92 Å². The molecule has 0 spiro atoms. The fraction of sp³-hybridized carbons (Fsp3) is 0.882. The van der Waals surface area contributed by atoms with E-state index >= 15 is 0 Å². The van der Waals surface area contributed by atoms with Gasteiger partial charge in [0.25, 0.3) is 0 Å². The van der Waals surface area contributed by atoms with Gasteiger partial charge in [-0.05, 0) is 52.5 Å². The highest BCUT2D eigenvalue weighted by atomic mass is 16.2. The van der Waals surface area contributed by atoms with E-state index < -0.39 is 5.44 Å². The number of carbonyl (C=O) groups excluding carboxylic acids is 2. The van der Waals surface area contributed by atoms with Gasteiger partial charge in [-0.2, -0.15) is 0 Å². The molecular formula is C17H31BN2O2.